The summed E-state index contributed by atoms with van der Waals surface area (Å²) in [6.45, 7) is 0. The lowest BCUT2D eigenvalue weighted by Crippen LogP contribution is -2.33. The summed E-state index contributed by atoms with van der Waals surface area (Å²) in [6, 6.07) is 6.64. The van der Waals surface area contributed by atoms with Crippen LogP contribution in [0.4, 0.5) is 0 Å². The number of nitrogens with one attached hydrogen (secondary N) is 1. The predicted octanol–water partition coefficient (Wildman–Crippen LogP) is 2.32. The fourth-order valence-electron chi connectivity index (χ4n) is 2.24. The maximum Gasteiger partial charge on any atom is 0.306 e. The molecule has 1 aliphatic carbocycles. The molecule has 96 valence electrons. The number of carbonyl (C=O) groups excluding carboxylic acids is 1. The first-order valence-electron chi connectivity index (χ1n) is 5.85. The summed E-state index contributed by atoms with van der Waals surface area (Å²) in [6.07, 6.45) is 1.83. The zero-order chi connectivity index (χ0) is 13.1. The Kier molecular flexibility index (Phi) is 3.87. The quantitative estimate of drug-likeness (QED) is 0.883. The van der Waals surface area contributed by atoms with Gasteiger partial charge in [-0.1, -0.05) is 17.7 Å². The lowest BCUT2D eigenvalue weighted by Gasteiger charge is -2.12. The maximum absolute atomic E-state index is 11.9. The zero-order valence-corrected chi connectivity index (χ0v) is 10.5. The molecule has 1 saturated carbocycles. The number of hydrogen-bond donors (Lipinski definition) is 2. The second-order valence-electron chi connectivity index (χ2n) is 4.53. The number of carboxylic acid groups (broad SMARTS) is 1. The third kappa shape index (κ3) is 3.01. The zero-order valence-electron chi connectivity index (χ0n) is 9.73. The first kappa shape index (κ1) is 12.9. The molecule has 1 fully saturated rings. The monoisotopic (exact) mass is 267 g/mol. The summed E-state index contributed by atoms with van der Waals surface area (Å²) in [5.74, 6) is -1.32. The molecule has 1 amide bonds. The van der Waals surface area contributed by atoms with Crippen LogP contribution in [-0.4, -0.2) is 23.0 Å². The Morgan fingerprint density at radius 1 is 1.33 bits per heavy atom. The van der Waals surface area contributed by atoms with Crippen LogP contribution in [0.25, 0.3) is 0 Å². The fraction of sp³-hybridized carbons (Fsp3) is 0.385. The topological polar surface area (TPSA) is 66.4 Å². The van der Waals surface area contributed by atoms with E-state index in [0.29, 0.717) is 29.8 Å². The van der Waals surface area contributed by atoms with E-state index in [-0.39, 0.29) is 17.9 Å². The molecule has 0 spiro atoms. The van der Waals surface area contributed by atoms with E-state index in [9.17, 15) is 9.59 Å². The average Bonchev–Trinajstić information content (AvgIpc) is 2.77. The molecule has 2 N–H and O–H groups in total. The minimum Gasteiger partial charge on any atom is -0.481 e. The number of amides is 1. The summed E-state index contributed by atoms with van der Waals surface area (Å²) in [4.78, 5) is 22.7. The Balaban J connectivity index is 1.95. The van der Waals surface area contributed by atoms with Crippen molar-refractivity contribution in [2.75, 3.05) is 0 Å². The Hall–Kier alpha value is -1.55. The maximum atomic E-state index is 11.9. The van der Waals surface area contributed by atoms with Crippen LogP contribution in [0.15, 0.2) is 24.3 Å². The molecule has 1 aromatic carbocycles. The first-order chi connectivity index (χ1) is 8.56. The van der Waals surface area contributed by atoms with Crippen molar-refractivity contribution in [1.82, 2.24) is 5.32 Å². The van der Waals surface area contributed by atoms with Gasteiger partial charge in [0.05, 0.1) is 5.92 Å². The Morgan fingerprint density at radius 2 is 2.11 bits per heavy atom. The van der Waals surface area contributed by atoms with Crippen LogP contribution in [0.3, 0.4) is 0 Å². The van der Waals surface area contributed by atoms with Crippen molar-refractivity contribution in [3.8, 4) is 0 Å². The van der Waals surface area contributed by atoms with Crippen LogP contribution < -0.4 is 5.32 Å². The highest BCUT2D eigenvalue weighted by atomic mass is 35.5. The molecule has 2 atom stereocenters. The van der Waals surface area contributed by atoms with Gasteiger partial charge in [0.1, 0.15) is 0 Å². The molecule has 1 aromatic rings. The van der Waals surface area contributed by atoms with E-state index in [0.717, 1.165) is 0 Å². The Morgan fingerprint density at radius 3 is 2.72 bits per heavy atom. The number of benzene rings is 1. The third-order valence-corrected chi connectivity index (χ3v) is 3.44. The molecular formula is C13H14ClNO3. The van der Waals surface area contributed by atoms with Crippen LogP contribution in [0, 0.1) is 5.92 Å². The number of carbonyl (C=O) groups is 2. The highest BCUT2D eigenvalue weighted by Crippen LogP contribution is 2.26. The molecule has 4 nitrogen and oxygen atoms in total. The second-order valence-corrected chi connectivity index (χ2v) is 4.97. The molecule has 0 unspecified atom stereocenters. The van der Waals surface area contributed by atoms with Crippen molar-refractivity contribution >= 4 is 23.5 Å². The minimum absolute atomic E-state index is 0.0578. The summed E-state index contributed by atoms with van der Waals surface area (Å²) in [5.41, 5.74) is 0.501. The lowest BCUT2D eigenvalue weighted by molar-refractivity contribution is -0.141. The van der Waals surface area contributed by atoms with E-state index in [4.69, 9.17) is 16.7 Å². The van der Waals surface area contributed by atoms with Gasteiger partial charge in [-0.05, 0) is 37.5 Å². The summed E-state index contributed by atoms with van der Waals surface area (Å²) >= 11 is 5.81. The van der Waals surface area contributed by atoms with E-state index in [2.05, 4.69) is 5.32 Å². The van der Waals surface area contributed by atoms with Gasteiger partial charge in [-0.2, -0.15) is 0 Å². The van der Waals surface area contributed by atoms with Crippen LogP contribution in [0.5, 0.6) is 0 Å². The largest absolute Gasteiger partial charge is 0.481 e. The molecule has 2 rings (SSSR count). The van der Waals surface area contributed by atoms with Crippen molar-refractivity contribution in [3.63, 3.8) is 0 Å². The van der Waals surface area contributed by atoms with Crippen molar-refractivity contribution in [2.45, 2.75) is 25.3 Å². The standard InChI is InChI=1S/C13H14ClNO3/c14-10-3-1-2-8(6-10)12(16)15-11-5-4-9(7-11)13(17)18/h1-3,6,9,11H,4-5,7H2,(H,15,16)(H,17,18)/t9-,11+/m1/s1. The van der Waals surface area contributed by atoms with Gasteiger partial charge in [0, 0.05) is 16.6 Å². The highest BCUT2D eigenvalue weighted by molar-refractivity contribution is 6.30. The SMILES string of the molecule is O=C(N[C@H]1CC[C@@H](C(=O)O)C1)c1cccc(Cl)c1. The van der Waals surface area contributed by atoms with Gasteiger partial charge in [0.25, 0.3) is 5.91 Å². The normalized spacial score (nSPS) is 22.7. The first-order valence-corrected chi connectivity index (χ1v) is 6.23. The predicted molar refractivity (Wildman–Crippen MR) is 67.7 cm³/mol. The second kappa shape index (κ2) is 5.40. The number of hydrogen-bond acceptors (Lipinski definition) is 2. The van der Waals surface area contributed by atoms with Crippen molar-refractivity contribution in [2.24, 2.45) is 5.92 Å². The van der Waals surface area contributed by atoms with E-state index < -0.39 is 5.97 Å². The van der Waals surface area contributed by atoms with Crippen LogP contribution in [-0.2, 0) is 4.79 Å². The molecule has 0 aromatic heterocycles. The Labute approximate surface area is 110 Å². The van der Waals surface area contributed by atoms with Crippen molar-refractivity contribution in [1.29, 1.82) is 0 Å². The summed E-state index contributed by atoms with van der Waals surface area (Å²) in [5, 5.41) is 12.2. The highest BCUT2D eigenvalue weighted by Gasteiger charge is 2.30. The third-order valence-electron chi connectivity index (χ3n) is 3.20. The van der Waals surface area contributed by atoms with Crippen LogP contribution in [0.2, 0.25) is 5.02 Å². The van der Waals surface area contributed by atoms with E-state index in [1.54, 1.807) is 24.3 Å². The molecule has 5 heteroatoms. The molecule has 0 heterocycles. The smallest absolute Gasteiger partial charge is 0.306 e. The lowest BCUT2D eigenvalue weighted by atomic mass is 10.1. The number of aliphatic carboxylic acids is 1. The van der Waals surface area contributed by atoms with E-state index in [1.807, 2.05) is 0 Å². The van der Waals surface area contributed by atoms with Crippen molar-refractivity contribution < 1.29 is 14.7 Å². The molecule has 1 aliphatic rings. The Bertz CT molecular complexity index is 475. The van der Waals surface area contributed by atoms with Gasteiger partial charge in [-0.15, -0.1) is 0 Å². The van der Waals surface area contributed by atoms with Crippen LogP contribution in [0.1, 0.15) is 29.6 Å². The fourth-order valence-corrected chi connectivity index (χ4v) is 2.43. The van der Waals surface area contributed by atoms with Crippen LogP contribution >= 0.6 is 11.6 Å². The number of carboxylic acids is 1. The molecule has 0 bridgehead atoms. The van der Waals surface area contributed by atoms with Gasteiger partial charge < -0.3 is 10.4 Å². The van der Waals surface area contributed by atoms with E-state index in [1.165, 1.54) is 0 Å². The van der Waals surface area contributed by atoms with Gasteiger partial charge >= 0.3 is 5.97 Å². The number of rotatable bonds is 3. The molecule has 0 radical (unpaired) electrons. The van der Waals surface area contributed by atoms with Gasteiger partial charge in [0.2, 0.25) is 0 Å². The molecule has 18 heavy (non-hydrogen) atoms. The minimum atomic E-state index is -0.783. The summed E-state index contributed by atoms with van der Waals surface area (Å²) < 4.78 is 0. The molecule has 0 saturated heterocycles. The van der Waals surface area contributed by atoms with Gasteiger partial charge in [-0.25, -0.2) is 0 Å². The van der Waals surface area contributed by atoms with Crippen molar-refractivity contribution in [3.05, 3.63) is 34.9 Å². The van der Waals surface area contributed by atoms with Gasteiger partial charge in [0.15, 0.2) is 0 Å². The van der Waals surface area contributed by atoms with E-state index >= 15 is 0 Å². The number of halogens is 1. The average molecular weight is 268 g/mol. The molecule has 0 aliphatic heterocycles. The molecular weight excluding hydrogens is 254 g/mol. The summed E-state index contributed by atoms with van der Waals surface area (Å²) in [7, 11) is 0. The van der Waals surface area contributed by atoms with Gasteiger partial charge in [-0.3, -0.25) is 9.59 Å².